The van der Waals surface area contributed by atoms with Crippen molar-refractivity contribution in [2.24, 2.45) is 0 Å². The normalized spacial score (nSPS) is 12.2. The fourth-order valence-electron chi connectivity index (χ4n) is 1.02. The van der Waals surface area contributed by atoms with Crippen LogP contribution >= 0.6 is 11.6 Å². The third kappa shape index (κ3) is 3.37. The van der Waals surface area contributed by atoms with Crippen molar-refractivity contribution in [2.45, 2.75) is 6.10 Å². The van der Waals surface area contributed by atoms with E-state index in [0.29, 0.717) is 5.02 Å². The lowest BCUT2D eigenvalue weighted by Crippen LogP contribution is -2.22. The quantitative estimate of drug-likeness (QED) is 0.529. The van der Waals surface area contributed by atoms with E-state index in [1.54, 1.807) is 0 Å². The first-order valence-electron chi connectivity index (χ1n) is 4.55. The number of esters is 1. The standard InChI is InChI=1S/C10H12ClNO4/c11-6-1-2-8(9(12)3-6)10(15)16-5-7(14)4-13/h1-3,7,13-14H,4-5,12H2. The summed E-state index contributed by atoms with van der Waals surface area (Å²) in [6, 6.07) is 4.38. The van der Waals surface area contributed by atoms with Gasteiger partial charge in [0.2, 0.25) is 0 Å². The Morgan fingerprint density at radius 3 is 2.81 bits per heavy atom. The van der Waals surface area contributed by atoms with Gasteiger partial charge >= 0.3 is 5.97 Å². The summed E-state index contributed by atoms with van der Waals surface area (Å²) in [7, 11) is 0. The number of aliphatic hydroxyl groups excluding tert-OH is 2. The second-order valence-corrected chi connectivity index (χ2v) is 3.60. The lowest BCUT2D eigenvalue weighted by atomic mass is 10.2. The van der Waals surface area contributed by atoms with Crippen LogP contribution in [0.2, 0.25) is 5.02 Å². The smallest absolute Gasteiger partial charge is 0.340 e. The van der Waals surface area contributed by atoms with Gasteiger partial charge in [0.1, 0.15) is 12.7 Å². The molecule has 1 aromatic carbocycles. The van der Waals surface area contributed by atoms with Crippen LogP contribution in [0.15, 0.2) is 18.2 Å². The summed E-state index contributed by atoms with van der Waals surface area (Å²) in [5.41, 5.74) is 5.94. The SMILES string of the molecule is Nc1cc(Cl)ccc1C(=O)OCC(O)CO. The number of nitrogens with two attached hydrogens (primary N) is 1. The molecule has 0 amide bonds. The van der Waals surface area contributed by atoms with Crippen molar-refractivity contribution >= 4 is 23.3 Å². The third-order valence-corrected chi connectivity index (χ3v) is 2.09. The molecule has 4 N–H and O–H groups in total. The van der Waals surface area contributed by atoms with Crippen molar-refractivity contribution in [1.82, 2.24) is 0 Å². The van der Waals surface area contributed by atoms with Crippen LogP contribution in [0, 0.1) is 0 Å². The highest BCUT2D eigenvalue weighted by molar-refractivity contribution is 6.31. The van der Waals surface area contributed by atoms with Gasteiger partial charge in [0, 0.05) is 10.7 Å². The third-order valence-electron chi connectivity index (χ3n) is 1.85. The number of aliphatic hydroxyl groups is 2. The van der Waals surface area contributed by atoms with Crippen LogP contribution < -0.4 is 5.73 Å². The first-order chi connectivity index (χ1) is 7.54. The molecule has 1 aromatic rings. The van der Waals surface area contributed by atoms with Crippen molar-refractivity contribution in [3.8, 4) is 0 Å². The lowest BCUT2D eigenvalue weighted by molar-refractivity contribution is 0.00941. The van der Waals surface area contributed by atoms with Crippen molar-refractivity contribution < 1.29 is 19.7 Å². The average molecular weight is 246 g/mol. The van der Waals surface area contributed by atoms with E-state index in [2.05, 4.69) is 0 Å². The van der Waals surface area contributed by atoms with Gasteiger partial charge in [0.05, 0.1) is 12.2 Å². The maximum Gasteiger partial charge on any atom is 0.340 e. The largest absolute Gasteiger partial charge is 0.459 e. The monoisotopic (exact) mass is 245 g/mol. The molecule has 1 unspecified atom stereocenters. The van der Waals surface area contributed by atoms with Gasteiger partial charge in [-0.1, -0.05) is 11.6 Å². The van der Waals surface area contributed by atoms with Crippen LogP contribution in [-0.4, -0.2) is 35.5 Å². The number of carbonyl (C=O) groups is 1. The number of benzene rings is 1. The van der Waals surface area contributed by atoms with Crippen molar-refractivity contribution in [3.63, 3.8) is 0 Å². The molecule has 0 aliphatic rings. The molecular formula is C10H12ClNO4. The van der Waals surface area contributed by atoms with E-state index in [1.165, 1.54) is 18.2 Å². The summed E-state index contributed by atoms with van der Waals surface area (Å²) in [5.74, 6) is -0.665. The molecule has 0 saturated heterocycles. The van der Waals surface area contributed by atoms with Gasteiger partial charge in [-0.3, -0.25) is 0 Å². The molecule has 6 heteroatoms. The molecule has 0 heterocycles. The Labute approximate surface area is 97.4 Å². The number of hydrogen-bond acceptors (Lipinski definition) is 5. The Hall–Kier alpha value is -1.30. The second-order valence-electron chi connectivity index (χ2n) is 3.17. The topological polar surface area (TPSA) is 92.8 Å². The molecule has 88 valence electrons. The number of hydrogen-bond donors (Lipinski definition) is 3. The van der Waals surface area contributed by atoms with Crippen LogP contribution in [0.1, 0.15) is 10.4 Å². The van der Waals surface area contributed by atoms with E-state index < -0.39 is 18.7 Å². The molecule has 1 rings (SSSR count). The Kier molecular flexibility index (Phi) is 4.54. The number of anilines is 1. The molecule has 0 radical (unpaired) electrons. The molecule has 0 bridgehead atoms. The zero-order valence-corrected chi connectivity index (χ0v) is 9.15. The summed E-state index contributed by atoms with van der Waals surface area (Å²) >= 11 is 5.67. The first-order valence-corrected chi connectivity index (χ1v) is 4.93. The van der Waals surface area contributed by atoms with Gasteiger partial charge in [-0.25, -0.2) is 4.79 Å². The second kappa shape index (κ2) is 5.69. The molecular weight excluding hydrogens is 234 g/mol. The fourth-order valence-corrected chi connectivity index (χ4v) is 1.20. The first kappa shape index (κ1) is 12.8. The van der Waals surface area contributed by atoms with Gasteiger partial charge in [0.25, 0.3) is 0 Å². The van der Waals surface area contributed by atoms with E-state index in [9.17, 15) is 4.79 Å². The highest BCUT2D eigenvalue weighted by atomic mass is 35.5. The summed E-state index contributed by atoms with van der Waals surface area (Å²) in [6.07, 6.45) is -1.09. The van der Waals surface area contributed by atoms with Crippen LogP contribution in [0.3, 0.4) is 0 Å². The molecule has 5 nitrogen and oxygen atoms in total. The molecule has 16 heavy (non-hydrogen) atoms. The molecule has 1 atom stereocenters. The predicted molar refractivity (Wildman–Crippen MR) is 59.2 cm³/mol. The summed E-state index contributed by atoms with van der Waals surface area (Å²) in [6.45, 7) is -0.749. The fraction of sp³-hybridized carbons (Fsp3) is 0.300. The predicted octanol–water partition coefficient (Wildman–Crippen LogP) is 0.432. The van der Waals surface area contributed by atoms with E-state index in [1.807, 2.05) is 0 Å². The maximum absolute atomic E-state index is 11.5. The minimum absolute atomic E-state index is 0.175. The van der Waals surface area contributed by atoms with E-state index in [4.69, 9.17) is 32.3 Å². The Balaban J connectivity index is 2.66. The average Bonchev–Trinajstić information content (AvgIpc) is 2.25. The zero-order valence-electron chi connectivity index (χ0n) is 8.39. The maximum atomic E-state index is 11.5. The molecule has 0 fully saturated rings. The van der Waals surface area contributed by atoms with Crippen LogP contribution in [-0.2, 0) is 4.74 Å². The van der Waals surface area contributed by atoms with Crippen molar-refractivity contribution in [3.05, 3.63) is 28.8 Å². The number of rotatable bonds is 4. The van der Waals surface area contributed by atoms with Crippen LogP contribution in [0.25, 0.3) is 0 Å². The highest BCUT2D eigenvalue weighted by Crippen LogP contribution is 2.18. The lowest BCUT2D eigenvalue weighted by Gasteiger charge is -2.09. The van der Waals surface area contributed by atoms with E-state index in [-0.39, 0.29) is 17.9 Å². The molecule has 0 spiro atoms. The Bertz CT molecular complexity index is 383. The number of carbonyl (C=O) groups excluding carboxylic acids is 1. The summed E-state index contributed by atoms with van der Waals surface area (Å²) < 4.78 is 4.73. The van der Waals surface area contributed by atoms with Crippen LogP contribution in [0.4, 0.5) is 5.69 Å². The van der Waals surface area contributed by atoms with Gasteiger partial charge in [-0.15, -0.1) is 0 Å². The van der Waals surface area contributed by atoms with Gasteiger partial charge in [0.15, 0.2) is 0 Å². The number of halogens is 1. The van der Waals surface area contributed by atoms with E-state index in [0.717, 1.165) is 0 Å². The minimum atomic E-state index is -1.09. The Morgan fingerprint density at radius 1 is 1.56 bits per heavy atom. The van der Waals surface area contributed by atoms with Gasteiger partial charge in [-0.2, -0.15) is 0 Å². The Morgan fingerprint density at radius 2 is 2.25 bits per heavy atom. The highest BCUT2D eigenvalue weighted by Gasteiger charge is 2.13. The van der Waals surface area contributed by atoms with E-state index >= 15 is 0 Å². The van der Waals surface area contributed by atoms with Crippen molar-refractivity contribution in [2.75, 3.05) is 18.9 Å². The van der Waals surface area contributed by atoms with Crippen molar-refractivity contribution in [1.29, 1.82) is 0 Å². The minimum Gasteiger partial charge on any atom is -0.459 e. The summed E-state index contributed by atoms with van der Waals surface area (Å²) in [5, 5.41) is 17.9. The van der Waals surface area contributed by atoms with Gasteiger partial charge in [-0.05, 0) is 18.2 Å². The molecule has 0 aliphatic heterocycles. The molecule has 0 saturated carbocycles. The summed E-state index contributed by atoms with van der Waals surface area (Å²) in [4.78, 5) is 11.5. The zero-order chi connectivity index (χ0) is 12.1. The van der Waals surface area contributed by atoms with Crippen LogP contribution in [0.5, 0.6) is 0 Å². The number of ether oxygens (including phenoxy) is 1. The van der Waals surface area contributed by atoms with Gasteiger partial charge < -0.3 is 20.7 Å². The number of nitrogen functional groups attached to an aromatic ring is 1. The molecule has 0 aromatic heterocycles. The molecule has 0 aliphatic carbocycles.